The van der Waals surface area contributed by atoms with E-state index in [1.807, 2.05) is 13.0 Å². The molecule has 0 spiro atoms. The van der Waals surface area contributed by atoms with Crippen molar-refractivity contribution >= 4 is 22.6 Å². The summed E-state index contributed by atoms with van der Waals surface area (Å²) < 4.78 is 41.1. The molecule has 0 saturated heterocycles. The highest BCUT2D eigenvalue weighted by molar-refractivity contribution is 5.98. The van der Waals surface area contributed by atoms with Gasteiger partial charge in [-0.15, -0.1) is 23.4 Å². The highest BCUT2D eigenvalue weighted by Gasteiger charge is 2.32. The van der Waals surface area contributed by atoms with Crippen molar-refractivity contribution in [1.29, 1.82) is 0 Å². The maximum Gasteiger partial charge on any atom is 0.574 e. The molecule has 0 bridgehead atoms. The molecule has 9 nitrogen and oxygen atoms in total. The Hall–Kier alpha value is -4.35. The zero-order valence-electron chi connectivity index (χ0n) is 18.7. The molecule has 180 valence electrons. The number of nitrogen functional groups attached to an aromatic ring is 1. The van der Waals surface area contributed by atoms with Gasteiger partial charge in [-0.25, -0.2) is 15.0 Å². The van der Waals surface area contributed by atoms with Crippen LogP contribution in [0.4, 0.5) is 19.0 Å². The molecule has 2 N–H and O–H groups in total. The van der Waals surface area contributed by atoms with Gasteiger partial charge in [0.05, 0.1) is 23.8 Å². The molecule has 4 rings (SSSR count). The molecule has 0 saturated carbocycles. The van der Waals surface area contributed by atoms with Gasteiger partial charge < -0.3 is 15.4 Å². The molecule has 1 amide bonds. The second-order valence-corrected chi connectivity index (χ2v) is 7.72. The van der Waals surface area contributed by atoms with E-state index in [0.29, 0.717) is 22.7 Å². The minimum Gasteiger partial charge on any atom is -0.386 e. The Morgan fingerprint density at radius 3 is 2.51 bits per heavy atom. The number of nitrogens with two attached hydrogens (primary N) is 1. The summed E-state index contributed by atoms with van der Waals surface area (Å²) in [6.07, 6.45) is -1.77. The molecule has 0 aliphatic carbocycles. The predicted octanol–water partition coefficient (Wildman–Crippen LogP) is 4.01. The summed E-state index contributed by atoms with van der Waals surface area (Å²) in [5.41, 5.74) is 7.92. The standard InChI is InChI=1S/C23H20F3N7O2/c1-13-10-16-11-15(4-6-18(16)30-20(13)27)22(34)33(14(2)21-28-8-3-9-29-21)12-17-5-7-19(32-31-17)35-23(24,25)26/h3-11,14H,12H2,1-2H3,(H2,27,30)/t14-/m0/s1. The number of carbonyl (C=O) groups excluding carboxylic acids is 1. The van der Waals surface area contributed by atoms with Crippen molar-refractivity contribution in [1.82, 2.24) is 30.0 Å². The molecule has 1 aromatic carbocycles. The van der Waals surface area contributed by atoms with Gasteiger partial charge in [0.2, 0.25) is 5.88 Å². The smallest absolute Gasteiger partial charge is 0.386 e. The normalized spacial score (nSPS) is 12.4. The van der Waals surface area contributed by atoms with E-state index in [0.717, 1.165) is 17.0 Å². The monoisotopic (exact) mass is 483 g/mol. The quantitative estimate of drug-likeness (QED) is 0.437. The molecule has 12 heteroatoms. The summed E-state index contributed by atoms with van der Waals surface area (Å²) in [7, 11) is 0. The Bertz CT molecular complexity index is 1350. The number of ether oxygens (including phenoxy) is 1. The largest absolute Gasteiger partial charge is 0.574 e. The highest BCUT2D eigenvalue weighted by Crippen LogP contribution is 2.25. The fourth-order valence-electron chi connectivity index (χ4n) is 3.43. The number of aryl methyl sites for hydroxylation is 1. The number of fused-ring (bicyclic) bond motifs is 1. The van der Waals surface area contributed by atoms with Crippen LogP contribution in [0.5, 0.6) is 5.88 Å². The van der Waals surface area contributed by atoms with Gasteiger partial charge in [0.1, 0.15) is 11.6 Å². The second kappa shape index (κ2) is 9.49. The Morgan fingerprint density at radius 2 is 1.86 bits per heavy atom. The summed E-state index contributed by atoms with van der Waals surface area (Å²) in [6, 6.07) is 10.3. The molecule has 4 aromatic rings. The average Bonchev–Trinajstić information content (AvgIpc) is 2.83. The molecule has 0 aliphatic heterocycles. The number of anilines is 1. The van der Waals surface area contributed by atoms with Crippen molar-refractivity contribution in [2.75, 3.05) is 5.73 Å². The molecule has 3 heterocycles. The third-order valence-electron chi connectivity index (χ3n) is 5.23. The number of alkyl halides is 3. The van der Waals surface area contributed by atoms with Crippen LogP contribution >= 0.6 is 0 Å². The first-order valence-corrected chi connectivity index (χ1v) is 10.4. The van der Waals surface area contributed by atoms with Crippen molar-refractivity contribution in [2.45, 2.75) is 32.8 Å². The van der Waals surface area contributed by atoms with Crippen LogP contribution in [0.3, 0.4) is 0 Å². The number of pyridine rings is 1. The molecule has 0 radical (unpaired) electrons. The van der Waals surface area contributed by atoms with Gasteiger partial charge in [0, 0.05) is 29.4 Å². The lowest BCUT2D eigenvalue weighted by molar-refractivity contribution is -0.276. The number of rotatable bonds is 6. The van der Waals surface area contributed by atoms with Crippen LogP contribution in [0.15, 0.2) is 54.9 Å². The van der Waals surface area contributed by atoms with Crippen molar-refractivity contribution < 1.29 is 22.7 Å². The van der Waals surface area contributed by atoms with Gasteiger partial charge in [-0.3, -0.25) is 4.79 Å². The van der Waals surface area contributed by atoms with E-state index in [1.165, 1.54) is 11.0 Å². The maximum absolute atomic E-state index is 13.6. The number of carbonyl (C=O) groups is 1. The zero-order chi connectivity index (χ0) is 25.2. The van der Waals surface area contributed by atoms with Crippen LogP contribution in [0.25, 0.3) is 10.9 Å². The van der Waals surface area contributed by atoms with Gasteiger partial charge in [-0.2, -0.15) is 0 Å². The third-order valence-corrected chi connectivity index (χ3v) is 5.23. The van der Waals surface area contributed by atoms with Crippen LogP contribution < -0.4 is 10.5 Å². The first kappa shape index (κ1) is 23.8. The lowest BCUT2D eigenvalue weighted by atomic mass is 10.1. The van der Waals surface area contributed by atoms with E-state index in [9.17, 15) is 18.0 Å². The summed E-state index contributed by atoms with van der Waals surface area (Å²) in [6.45, 7) is 3.51. The predicted molar refractivity (Wildman–Crippen MR) is 120 cm³/mol. The summed E-state index contributed by atoms with van der Waals surface area (Å²) in [5.74, 6) is -0.268. The number of nitrogens with zero attached hydrogens (tertiary/aromatic N) is 6. The van der Waals surface area contributed by atoms with Crippen LogP contribution in [0.1, 0.15) is 40.4 Å². The lowest BCUT2D eigenvalue weighted by Gasteiger charge is -2.28. The fraction of sp³-hybridized carbons (Fsp3) is 0.217. The number of benzene rings is 1. The van der Waals surface area contributed by atoms with Crippen LogP contribution in [-0.4, -0.2) is 42.3 Å². The van der Waals surface area contributed by atoms with Gasteiger partial charge in [-0.1, -0.05) is 0 Å². The average molecular weight is 483 g/mol. The Kier molecular flexibility index (Phi) is 6.45. The van der Waals surface area contributed by atoms with E-state index < -0.39 is 18.3 Å². The van der Waals surface area contributed by atoms with E-state index in [1.54, 1.807) is 43.6 Å². The van der Waals surface area contributed by atoms with Crippen LogP contribution in [0.2, 0.25) is 0 Å². The first-order chi connectivity index (χ1) is 16.6. The van der Waals surface area contributed by atoms with E-state index in [4.69, 9.17) is 5.73 Å². The summed E-state index contributed by atoms with van der Waals surface area (Å²) in [5, 5.41) is 7.99. The van der Waals surface area contributed by atoms with E-state index >= 15 is 0 Å². The summed E-state index contributed by atoms with van der Waals surface area (Å²) >= 11 is 0. The molecular weight excluding hydrogens is 463 g/mol. The first-order valence-electron chi connectivity index (χ1n) is 10.4. The van der Waals surface area contributed by atoms with Crippen LogP contribution in [-0.2, 0) is 6.54 Å². The number of hydrogen-bond donors (Lipinski definition) is 1. The molecule has 3 aromatic heterocycles. The second-order valence-electron chi connectivity index (χ2n) is 7.72. The van der Waals surface area contributed by atoms with Gasteiger partial charge in [-0.05, 0) is 55.8 Å². The molecule has 1 atom stereocenters. The topological polar surface area (TPSA) is 120 Å². The van der Waals surface area contributed by atoms with E-state index in [2.05, 4.69) is 29.9 Å². The Balaban J connectivity index is 1.67. The van der Waals surface area contributed by atoms with Crippen molar-refractivity contribution in [3.05, 3.63) is 77.5 Å². The molecule has 0 fully saturated rings. The molecule has 35 heavy (non-hydrogen) atoms. The van der Waals surface area contributed by atoms with Gasteiger partial charge in [0.25, 0.3) is 5.91 Å². The molecule has 0 aliphatic rings. The number of amides is 1. The van der Waals surface area contributed by atoms with Crippen molar-refractivity contribution in [3.8, 4) is 5.88 Å². The van der Waals surface area contributed by atoms with E-state index in [-0.39, 0.29) is 18.1 Å². The minimum absolute atomic E-state index is 0.0609. The van der Waals surface area contributed by atoms with Crippen molar-refractivity contribution in [3.63, 3.8) is 0 Å². The zero-order valence-corrected chi connectivity index (χ0v) is 18.7. The van der Waals surface area contributed by atoms with Crippen LogP contribution in [0, 0.1) is 6.92 Å². The fourth-order valence-corrected chi connectivity index (χ4v) is 3.43. The minimum atomic E-state index is -4.88. The molecule has 0 unspecified atom stereocenters. The number of aromatic nitrogens is 5. The lowest BCUT2D eigenvalue weighted by Crippen LogP contribution is -2.34. The third kappa shape index (κ3) is 5.60. The molecular formula is C23H20F3N7O2. The number of halogens is 3. The summed E-state index contributed by atoms with van der Waals surface area (Å²) in [4.78, 5) is 27.9. The Morgan fingerprint density at radius 1 is 1.11 bits per heavy atom. The Labute approximate surface area is 197 Å². The highest BCUT2D eigenvalue weighted by atomic mass is 19.4. The van der Waals surface area contributed by atoms with Crippen molar-refractivity contribution in [2.24, 2.45) is 0 Å². The SMILES string of the molecule is Cc1cc2cc(C(=O)N(Cc3ccc(OC(F)(F)F)nn3)[C@@H](C)c3ncccn3)ccc2nc1N. The number of hydrogen-bond acceptors (Lipinski definition) is 8. The van der Waals surface area contributed by atoms with Gasteiger partial charge >= 0.3 is 6.36 Å². The maximum atomic E-state index is 13.6. The van der Waals surface area contributed by atoms with Gasteiger partial charge in [0.15, 0.2) is 0 Å².